The van der Waals surface area contributed by atoms with Crippen LogP contribution in [-0.2, 0) is 9.47 Å². The van der Waals surface area contributed by atoms with E-state index in [2.05, 4.69) is 0 Å². The lowest BCUT2D eigenvalue weighted by Gasteiger charge is -2.15. The van der Waals surface area contributed by atoms with Gasteiger partial charge in [-0.15, -0.1) is 22.7 Å². The normalized spacial score (nSPS) is 10.9. The molecule has 1 aromatic heterocycles. The first-order valence-corrected chi connectivity index (χ1v) is 6.59. The van der Waals surface area contributed by atoms with Crippen LogP contribution in [0.5, 0.6) is 0 Å². The highest BCUT2D eigenvalue weighted by molar-refractivity contribution is 7.76. The second-order valence-electron chi connectivity index (χ2n) is 2.54. The Labute approximate surface area is 102 Å². The number of ether oxygens (including phenoxy) is 2. The third-order valence-corrected chi connectivity index (χ3v) is 4.22. The molecule has 0 aliphatic heterocycles. The molecule has 3 nitrogen and oxygen atoms in total. The molecule has 0 aliphatic rings. The van der Waals surface area contributed by atoms with Crippen LogP contribution in [0.15, 0.2) is 0 Å². The molecule has 0 unspecified atom stereocenters. The van der Waals surface area contributed by atoms with E-state index in [1.807, 2.05) is 13.8 Å². The fourth-order valence-electron chi connectivity index (χ4n) is 1.05. The Morgan fingerprint density at radius 3 is 2.40 bits per heavy atom. The van der Waals surface area contributed by atoms with Crippen LogP contribution in [0.2, 0.25) is 0 Å². The van der Waals surface area contributed by atoms with Crippen molar-refractivity contribution in [3.8, 4) is 0 Å². The van der Waals surface area contributed by atoms with Gasteiger partial charge in [-0.05, 0) is 13.8 Å². The predicted molar refractivity (Wildman–Crippen MR) is 64.4 cm³/mol. The van der Waals surface area contributed by atoms with Gasteiger partial charge < -0.3 is 9.47 Å². The topological polar surface area (TPSA) is 35.5 Å². The Balaban J connectivity index is 2.97. The zero-order chi connectivity index (χ0) is 11.3. The van der Waals surface area contributed by atoms with Crippen molar-refractivity contribution in [2.75, 3.05) is 13.2 Å². The van der Waals surface area contributed by atoms with E-state index in [1.54, 1.807) is 0 Å². The van der Waals surface area contributed by atoms with E-state index in [9.17, 15) is 4.79 Å². The Morgan fingerprint density at radius 2 is 1.93 bits per heavy atom. The molecule has 84 valence electrons. The third-order valence-electron chi connectivity index (χ3n) is 1.59. The molecular weight excluding hydrogens is 252 g/mol. The Morgan fingerprint density at radius 1 is 1.33 bits per heavy atom. The number of rotatable bonds is 6. The van der Waals surface area contributed by atoms with Crippen LogP contribution in [0.3, 0.4) is 0 Å². The highest BCUT2D eigenvalue weighted by atomic mass is 32.2. The van der Waals surface area contributed by atoms with Crippen LogP contribution in [0.1, 0.15) is 34.7 Å². The van der Waals surface area contributed by atoms with Crippen LogP contribution >= 0.6 is 34.9 Å². The zero-order valence-corrected chi connectivity index (χ0v) is 11.0. The number of aldehydes is 1. The first-order chi connectivity index (χ1) is 7.22. The Hall–Kier alpha value is -0.140. The van der Waals surface area contributed by atoms with Gasteiger partial charge in [0.2, 0.25) is 0 Å². The van der Waals surface area contributed by atoms with Crippen LogP contribution in [0.25, 0.3) is 0 Å². The second kappa shape index (κ2) is 6.44. The third kappa shape index (κ3) is 3.42. The van der Waals surface area contributed by atoms with Gasteiger partial charge in [0.05, 0.1) is 9.75 Å². The van der Waals surface area contributed by atoms with Gasteiger partial charge >= 0.3 is 0 Å². The van der Waals surface area contributed by atoms with E-state index in [1.165, 1.54) is 22.7 Å². The molecular formula is C9H12O3S3. The van der Waals surface area contributed by atoms with Crippen molar-refractivity contribution in [2.45, 2.75) is 20.1 Å². The number of carbonyl (C=O) groups is 1. The molecule has 0 fully saturated rings. The molecule has 0 spiro atoms. The summed E-state index contributed by atoms with van der Waals surface area (Å²) >= 11 is 7.72. The number of hydrogen-bond acceptors (Lipinski definition) is 6. The van der Waals surface area contributed by atoms with Crippen LogP contribution in [0, 0.1) is 3.14 Å². The monoisotopic (exact) mass is 264 g/mol. The quantitative estimate of drug-likeness (QED) is 0.448. The summed E-state index contributed by atoms with van der Waals surface area (Å²) in [4.78, 5) is 12.2. The molecule has 0 bridgehead atoms. The summed E-state index contributed by atoms with van der Waals surface area (Å²) in [6, 6.07) is 0. The highest BCUT2D eigenvalue weighted by Gasteiger charge is 2.18. The second-order valence-corrected chi connectivity index (χ2v) is 5.83. The summed E-state index contributed by atoms with van der Waals surface area (Å²) in [5.41, 5.74) is 0. The summed E-state index contributed by atoms with van der Waals surface area (Å²) in [5.74, 6) is 0. The molecule has 0 aliphatic carbocycles. The molecule has 0 amide bonds. The van der Waals surface area contributed by atoms with Gasteiger partial charge in [0, 0.05) is 13.2 Å². The SMILES string of the molecule is CCOC(OCC)c1sc(=S)sc1C=O. The standard InChI is InChI=1S/C9H12O3S3/c1-3-11-8(12-4-2)7-6(5-10)14-9(13)15-7/h5,8H,3-4H2,1-2H3. The van der Waals surface area contributed by atoms with E-state index in [0.29, 0.717) is 18.1 Å². The van der Waals surface area contributed by atoms with Gasteiger partial charge in [0.1, 0.15) is 3.14 Å². The minimum atomic E-state index is -0.460. The van der Waals surface area contributed by atoms with E-state index >= 15 is 0 Å². The average molecular weight is 264 g/mol. The molecule has 1 heterocycles. The maximum absolute atomic E-state index is 10.8. The molecule has 0 radical (unpaired) electrons. The minimum absolute atomic E-state index is 0.460. The Kier molecular flexibility index (Phi) is 5.55. The van der Waals surface area contributed by atoms with Crippen molar-refractivity contribution in [3.63, 3.8) is 0 Å². The maximum Gasteiger partial charge on any atom is 0.194 e. The molecule has 0 atom stereocenters. The van der Waals surface area contributed by atoms with E-state index in [-0.39, 0.29) is 0 Å². The van der Waals surface area contributed by atoms with Crippen LogP contribution < -0.4 is 0 Å². The predicted octanol–water partition coefficient (Wildman–Crippen LogP) is 3.42. The summed E-state index contributed by atoms with van der Waals surface area (Å²) in [6.45, 7) is 4.85. The van der Waals surface area contributed by atoms with Crippen molar-refractivity contribution >= 4 is 41.2 Å². The molecule has 0 N–H and O–H groups in total. The summed E-state index contributed by atoms with van der Waals surface area (Å²) < 4.78 is 11.5. The first-order valence-electron chi connectivity index (χ1n) is 4.55. The van der Waals surface area contributed by atoms with Crippen LogP contribution in [-0.4, -0.2) is 19.5 Å². The molecule has 0 aromatic carbocycles. The number of hydrogen-bond donors (Lipinski definition) is 0. The van der Waals surface area contributed by atoms with Crippen LogP contribution in [0.4, 0.5) is 0 Å². The molecule has 1 aromatic rings. The summed E-state index contributed by atoms with van der Waals surface area (Å²) in [5, 5.41) is 0. The fourth-order valence-corrected chi connectivity index (χ4v) is 3.53. The first kappa shape index (κ1) is 12.9. The lowest BCUT2D eigenvalue weighted by atomic mass is 10.4. The van der Waals surface area contributed by atoms with Gasteiger partial charge in [0.15, 0.2) is 12.6 Å². The van der Waals surface area contributed by atoms with Gasteiger partial charge in [-0.25, -0.2) is 0 Å². The van der Waals surface area contributed by atoms with Gasteiger partial charge in [-0.2, -0.15) is 0 Å². The van der Waals surface area contributed by atoms with E-state index < -0.39 is 6.29 Å². The average Bonchev–Trinajstić information content (AvgIpc) is 2.59. The lowest BCUT2D eigenvalue weighted by molar-refractivity contribution is -0.138. The van der Waals surface area contributed by atoms with Crippen molar-refractivity contribution in [1.82, 2.24) is 0 Å². The Bertz CT molecular complexity index is 363. The van der Waals surface area contributed by atoms with Gasteiger partial charge in [-0.1, -0.05) is 12.2 Å². The molecule has 1 rings (SSSR count). The summed E-state index contributed by atoms with van der Waals surface area (Å²) in [6.07, 6.45) is 0.343. The van der Waals surface area contributed by atoms with E-state index in [4.69, 9.17) is 21.7 Å². The molecule has 15 heavy (non-hydrogen) atoms. The summed E-state index contributed by atoms with van der Waals surface area (Å²) in [7, 11) is 0. The number of carbonyl (C=O) groups excluding carboxylic acids is 1. The highest BCUT2D eigenvalue weighted by Crippen LogP contribution is 2.32. The lowest BCUT2D eigenvalue weighted by Crippen LogP contribution is -2.08. The van der Waals surface area contributed by atoms with Gasteiger partial charge in [-0.3, -0.25) is 4.79 Å². The van der Waals surface area contributed by atoms with Gasteiger partial charge in [0.25, 0.3) is 0 Å². The van der Waals surface area contributed by atoms with E-state index in [0.717, 1.165) is 14.3 Å². The molecule has 0 saturated carbocycles. The smallest absolute Gasteiger partial charge is 0.194 e. The molecule has 6 heteroatoms. The molecule has 0 saturated heterocycles. The van der Waals surface area contributed by atoms with Crippen molar-refractivity contribution in [1.29, 1.82) is 0 Å². The minimum Gasteiger partial charge on any atom is -0.348 e. The van der Waals surface area contributed by atoms with Crippen molar-refractivity contribution < 1.29 is 14.3 Å². The van der Waals surface area contributed by atoms with Crippen molar-refractivity contribution in [2.24, 2.45) is 0 Å². The maximum atomic E-state index is 10.8. The van der Waals surface area contributed by atoms with Crippen molar-refractivity contribution in [3.05, 3.63) is 12.9 Å². The fraction of sp³-hybridized carbons (Fsp3) is 0.556. The largest absolute Gasteiger partial charge is 0.348 e. The zero-order valence-electron chi connectivity index (χ0n) is 8.52.